The average Bonchev–Trinajstić information content (AvgIpc) is 2.47. The number of halogens is 1. The lowest BCUT2D eigenvalue weighted by atomic mass is 9.90. The van der Waals surface area contributed by atoms with Crippen molar-refractivity contribution in [2.75, 3.05) is 13.1 Å². The zero-order valence-corrected chi connectivity index (χ0v) is 13.5. The van der Waals surface area contributed by atoms with Crippen molar-refractivity contribution in [1.29, 1.82) is 0 Å². The molecule has 1 unspecified atom stereocenters. The summed E-state index contributed by atoms with van der Waals surface area (Å²) in [6.07, 6.45) is 2.91. The van der Waals surface area contributed by atoms with Gasteiger partial charge in [-0.2, -0.15) is 0 Å². The number of hydrogen-bond donors (Lipinski definition) is 1. The standard InChI is InChI=1S/C14H20N4O3.ClH/c1-9(15)11-3-5-17(6-4-11)14(19)13-7-12(18(20)21)8-16-10(13)2;/h7-9,11H,3-6,15H2,1-2H3;1H. The summed E-state index contributed by atoms with van der Waals surface area (Å²) >= 11 is 0. The van der Waals surface area contributed by atoms with Crippen LogP contribution in [0.1, 0.15) is 35.8 Å². The number of nitro groups is 1. The van der Waals surface area contributed by atoms with Crippen molar-refractivity contribution in [3.8, 4) is 0 Å². The van der Waals surface area contributed by atoms with Crippen LogP contribution in [0.15, 0.2) is 12.3 Å². The molecule has 0 bridgehead atoms. The van der Waals surface area contributed by atoms with Gasteiger partial charge in [0.15, 0.2) is 0 Å². The molecule has 22 heavy (non-hydrogen) atoms. The Balaban J connectivity index is 0.00000242. The molecular formula is C14H21ClN4O3. The molecule has 7 nitrogen and oxygen atoms in total. The highest BCUT2D eigenvalue weighted by Crippen LogP contribution is 2.23. The maximum Gasteiger partial charge on any atom is 0.288 e. The SMILES string of the molecule is Cc1ncc([N+](=O)[O-])cc1C(=O)N1CCC(C(C)N)CC1.Cl. The van der Waals surface area contributed by atoms with Crippen molar-refractivity contribution >= 4 is 24.0 Å². The molecule has 1 fully saturated rings. The first-order valence-electron chi connectivity index (χ1n) is 7.06. The molecule has 0 aromatic carbocycles. The number of pyridine rings is 1. The lowest BCUT2D eigenvalue weighted by Crippen LogP contribution is -2.42. The van der Waals surface area contributed by atoms with Gasteiger partial charge in [-0.1, -0.05) is 0 Å². The molecule has 1 saturated heterocycles. The lowest BCUT2D eigenvalue weighted by Gasteiger charge is -2.33. The topological polar surface area (TPSA) is 102 Å². The molecule has 1 aliphatic heterocycles. The molecule has 122 valence electrons. The predicted octanol–water partition coefficient (Wildman–Crippen LogP) is 1.92. The minimum absolute atomic E-state index is 0. The number of aryl methyl sites for hydroxylation is 1. The van der Waals surface area contributed by atoms with Crippen LogP contribution in [0, 0.1) is 23.0 Å². The maximum absolute atomic E-state index is 12.5. The molecule has 8 heteroatoms. The zero-order valence-electron chi connectivity index (χ0n) is 12.7. The van der Waals surface area contributed by atoms with Gasteiger partial charge in [0.25, 0.3) is 11.6 Å². The zero-order chi connectivity index (χ0) is 15.6. The van der Waals surface area contributed by atoms with Gasteiger partial charge in [0.1, 0.15) is 6.20 Å². The van der Waals surface area contributed by atoms with E-state index in [0.29, 0.717) is 30.3 Å². The van der Waals surface area contributed by atoms with E-state index in [1.807, 2.05) is 6.92 Å². The van der Waals surface area contributed by atoms with Gasteiger partial charge in [0, 0.05) is 25.2 Å². The Kier molecular flexibility index (Phi) is 6.25. The molecule has 2 heterocycles. The first-order chi connectivity index (χ1) is 9.90. The fraction of sp³-hybridized carbons (Fsp3) is 0.571. The lowest BCUT2D eigenvalue weighted by molar-refractivity contribution is -0.385. The van der Waals surface area contributed by atoms with E-state index in [1.165, 1.54) is 12.3 Å². The Morgan fingerprint density at radius 2 is 2.09 bits per heavy atom. The number of carbonyl (C=O) groups is 1. The van der Waals surface area contributed by atoms with Crippen LogP contribution in [0.25, 0.3) is 0 Å². The number of carbonyl (C=O) groups excluding carboxylic acids is 1. The molecule has 0 saturated carbocycles. The van der Waals surface area contributed by atoms with E-state index in [-0.39, 0.29) is 30.0 Å². The van der Waals surface area contributed by atoms with Crippen molar-refractivity contribution in [2.24, 2.45) is 11.7 Å². The molecule has 1 aliphatic rings. The van der Waals surface area contributed by atoms with Gasteiger partial charge < -0.3 is 10.6 Å². The van der Waals surface area contributed by atoms with Gasteiger partial charge >= 0.3 is 0 Å². The Labute approximate surface area is 135 Å². The Morgan fingerprint density at radius 1 is 1.50 bits per heavy atom. The monoisotopic (exact) mass is 328 g/mol. The minimum Gasteiger partial charge on any atom is -0.339 e. The second-order valence-electron chi connectivity index (χ2n) is 5.57. The maximum atomic E-state index is 12.5. The molecular weight excluding hydrogens is 308 g/mol. The summed E-state index contributed by atoms with van der Waals surface area (Å²) in [6, 6.07) is 1.44. The molecule has 1 atom stereocenters. The molecule has 0 radical (unpaired) electrons. The number of nitrogens with two attached hydrogens (primary N) is 1. The van der Waals surface area contributed by atoms with E-state index in [4.69, 9.17) is 5.73 Å². The third-order valence-corrected chi connectivity index (χ3v) is 4.08. The third kappa shape index (κ3) is 3.92. The summed E-state index contributed by atoms with van der Waals surface area (Å²) in [5.41, 5.74) is 6.55. The quantitative estimate of drug-likeness (QED) is 0.674. The van der Waals surface area contributed by atoms with Crippen LogP contribution >= 0.6 is 12.4 Å². The van der Waals surface area contributed by atoms with Crippen LogP contribution < -0.4 is 5.73 Å². The minimum atomic E-state index is -0.536. The Bertz CT molecular complexity index is 557. The van der Waals surface area contributed by atoms with Crippen molar-refractivity contribution in [3.63, 3.8) is 0 Å². The van der Waals surface area contributed by atoms with Gasteiger partial charge in [0.2, 0.25) is 0 Å². The number of amides is 1. The van der Waals surface area contributed by atoms with E-state index in [9.17, 15) is 14.9 Å². The van der Waals surface area contributed by atoms with E-state index in [2.05, 4.69) is 4.98 Å². The second-order valence-corrected chi connectivity index (χ2v) is 5.57. The van der Waals surface area contributed by atoms with E-state index in [0.717, 1.165) is 12.8 Å². The smallest absolute Gasteiger partial charge is 0.288 e. The molecule has 1 amide bonds. The van der Waals surface area contributed by atoms with E-state index < -0.39 is 4.92 Å². The molecule has 1 aromatic rings. The number of hydrogen-bond acceptors (Lipinski definition) is 5. The highest BCUT2D eigenvalue weighted by molar-refractivity contribution is 5.95. The summed E-state index contributed by atoms with van der Waals surface area (Å²) in [7, 11) is 0. The molecule has 2 N–H and O–H groups in total. The van der Waals surface area contributed by atoms with Crippen molar-refractivity contribution in [2.45, 2.75) is 32.7 Å². The largest absolute Gasteiger partial charge is 0.339 e. The molecule has 2 rings (SSSR count). The van der Waals surface area contributed by atoms with Crippen molar-refractivity contribution in [3.05, 3.63) is 33.6 Å². The molecule has 0 spiro atoms. The van der Waals surface area contributed by atoms with Gasteiger partial charge in [0.05, 0.1) is 16.2 Å². The summed E-state index contributed by atoms with van der Waals surface area (Å²) in [5, 5.41) is 10.8. The fourth-order valence-electron chi connectivity index (χ4n) is 2.64. The number of nitrogens with zero attached hydrogens (tertiary/aromatic N) is 3. The van der Waals surface area contributed by atoms with Crippen LogP contribution in [-0.2, 0) is 0 Å². The van der Waals surface area contributed by atoms with Crippen LogP contribution in [0.3, 0.4) is 0 Å². The molecule has 0 aliphatic carbocycles. The average molecular weight is 329 g/mol. The van der Waals surface area contributed by atoms with Crippen molar-refractivity contribution in [1.82, 2.24) is 9.88 Å². The first kappa shape index (κ1) is 18.3. The highest BCUT2D eigenvalue weighted by Gasteiger charge is 2.27. The van der Waals surface area contributed by atoms with E-state index in [1.54, 1.807) is 11.8 Å². The van der Waals surface area contributed by atoms with E-state index >= 15 is 0 Å². The highest BCUT2D eigenvalue weighted by atomic mass is 35.5. The van der Waals surface area contributed by atoms with Gasteiger partial charge in [-0.3, -0.25) is 19.9 Å². The summed E-state index contributed by atoms with van der Waals surface area (Å²) in [4.78, 5) is 28.5. The second kappa shape index (κ2) is 7.51. The number of likely N-dealkylation sites (tertiary alicyclic amines) is 1. The van der Waals surface area contributed by atoms with Gasteiger partial charge in [-0.25, -0.2) is 0 Å². The van der Waals surface area contributed by atoms with Crippen LogP contribution in [0.2, 0.25) is 0 Å². The van der Waals surface area contributed by atoms with Crippen molar-refractivity contribution < 1.29 is 9.72 Å². The van der Waals surface area contributed by atoms with Crippen LogP contribution in [-0.4, -0.2) is 39.8 Å². The predicted molar refractivity (Wildman–Crippen MR) is 85.2 cm³/mol. The summed E-state index contributed by atoms with van der Waals surface area (Å²) in [5.74, 6) is 0.241. The Morgan fingerprint density at radius 3 is 2.59 bits per heavy atom. The summed E-state index contributed by atoms with van der Waals surface area (Å²) < 4.78 is 0. The molecule has 1 aromatic heterocycles. The van der Waals surface area contributed by atoms with Gasteiger partial charge in [-0.15, -0.1) is 12.4 Å². The Hall–Kier alpha value is -1.73. The number of piperidine rings is 1. The number of aromatic nitrogens is 1. The normalized spacial score (nSPS) is 16.8. The number of rotatable bonds is 3. The first-order valence-corrected chi connectivity index (χ1v) is 7.06. The van der Waals surface area contributed by atoms with Crippen LogP contribution in [0.5, 0.6) is 0 Å². The van der Waals surface area contributed by atoms with Crippen LogP contribution in [0.4, 0.5) is 5.69 Å². The third-order valence-electron chi connectivity index (χ3n) is 4.08. The summed E-state index contributed by atoms with van der Waals surface area (Å²) in [6.45, 7) is 4.93. The fourth-order valence-corrected chi connectivity index (χ4v) is 2.64. The van der Waals surface area contributed by atoms with Gasteiger partial charge in [-0.05, 0) is 32.6 Å².